The molecule has 4 rings (SSSR count). The van der Waals surface area contributed by atoms with Gasteiger partial charge < -0.3 is 14.8 Å². The number of thiazole rings is 1. The number of ether oxygens (including phenoxy) is 2. The molecular formula is C15H16N2O2S. The lowest BCUT2D eigenvalue weighted by Crippen LogP contribution is -2.24. The zero-order valence-electron chi connectivity index (χ0n) is 11.0. The second kappa shape index (κ2) is 5.07. The van der Waals surface area contributed by atoms with Crippen molar-refractivity contribution in [1.82, 2.24) is 10.3 Å². The minimum absolute atomic E-state index is 0.151. The molecule has 4 nitrogen and oxygen atoms in total. The molecular weight excluding hydrogens is 272 g/mol. The van der Waals surface area contributed by atoms with E-state index in [2.05, 4.69) is 22.4 Å². The first-order valence-corrected chi connectivity index (χ1v) is 7.83. The Morgan fingerprint density at radius 3 is 2.80 bits per heavy atom. The van der Waals surface area contributed by atoms with Crippen LogP contribution >= 0.6 is 11.3 Å². The molecule has 1 aromatic carbocycles. The third-order valence-electron chi connectivity index (χ3n) is 3.58. The van der Waals surface area contributed by atoms with Crippen LogP contribution in [-0.2, 0) is 0 Å². The van der Waals surface area contributed by atoms with Gasteiger partial charge >= 0.3 is 0 Å². The third kappa shape index (κ3) is 2.39. The monoisotopic (exact) mass is 288 g/mol. The van der Waals surface area contributed by atoms with Gasteiger partial charge in [-0.3, -0.25) is 0 Å². The summed E-state index contributed by atoms with van der Waals surface area (Å²) in [4.78, 5) is 4.47. The Morgan fingerprint density at radius 2 is 2.05 bits per heavy atom. The summed E-state index contributed by atoms with van der Waals surface area (Å²) in [5, 5.41) is 6.80. The van der Waals surface area contributed by atoms with E-state index < -0.39 is 0 Å². The van der Waals surface area contributed by atoms with Crippen LogP contribution in [0.2, 0.25) is 0 Å². The molecule has 1 atom stereocenters. The predicted molar refractivity (Wildman–Crippen MR) is 77.5 cm³/mol. The highest BCUT2D eigenvalue weighted by atomic mass is 32.1. The zero-order chi connectivity index (χ0) is 13.4. The smallest absolute Gasteiger partial charge is 0.161 e. The van der Waals surface area contributed by atoms with E-state index in [4.69, 9.17) is 9.47 Å². The maximum absolute atomic E-state index is 5.68. The fraction of sp³-hybridized carbons (Fsp3) is 0.400. The number of aromatic nitrogens is 1. The SMILES string of the molecule is c1csc(C(NC2CC2)c2ccc3c(c2)OCCO3)n1. The van der Waals surface area contributed by atoms with Crippen LogP contribution in [0, 0.1) is 0 Å². The van der Waals surface area contributed by atoms with E-state index in [0.29, 0.717) is 19.3 Å². The fourth-order valence-electron chi connectivity index (χ4n) is 2.41. The van der Waals surface area contributed by atoms with E-state index in [0.717, 1.165) is 16.5 Å². The minimum atomic E-state index is 0.151. The van der Waals surface area contributed by atoms with Gasteiger partial charge in [-0.1, -0.05) is 6.07 Å². The summed E-state index contributed by atoms with van der Waals surface area (Å²) in [6.45, 7) is 1.25. The zero-order valence-corrected chi connectivity index (χ0v) is 11.9. The molecule has 1 N–H and O–H groups in total. The lowest BCUT2D eigenvalue weighted by Gasteiger charge is -2.22. The van der Waals surface area contributed by atoms with Gasteiger partial charge in [-0.25, -0.2) is 4.98 Å². The molecule has 104 valence electrons. The molecule has 2 aromatic rings. The van der Waals surface area contributed by atoms with E-state index in [-0.39, 0.29) is 6.04 Å². The molecule has 0 bridgehead atoms. The molecule has 1 unspecified atom stereocenters. The summed E-state index contributed by atoms with van der Waals surface area (Å²) >= 11 is 1.69. The van der Waals surface area contributed by atoms with Crippen LogP contribution in [0.4, 0.5) is 0 Å². The van der Waals surface area contributed by atoms with Crippen LogP contribution in [0.25, 0.3) is 0 Å². The van der Waals surface area contributed by atoms with Crippen molar-refractivity contribution < 1.29 is 9.47 Å². The summed E-state index contributed by atoms with van der Waals surface area (Å²) in [7, 11) is 0. The summed E-state index contributed by atoms with van der Waals surface area (Å²) in [5.74, 6) is 1.68. The van der Waals surface area contributed by atoms with Gasteiger partial charge in [0.15, 0.2) is 11.5 Å². The molecule has 5 heteroatoms. The Balaban J connectivity index is 1.68. The van der Waals surface area contributed by atoms with Crippen molar-refractivity contribution in [3.8, 4) is 11.5 Å². The molecule has 1 aliphatic heterocycles. The largest absolute Gasteiger partial charge is 0.486 e. The highest BCUT2D eigenvalue weighted by Crippen LogP contribution is 2.36. The summed E-state index contributed by atoms with van der Waals surface area (Å²) in [6, 6.07) is 6.96. The molecule has 20 heavy (non-hydrogen) atoms. The molecule has 0 spiro atoms. The number of fused-ring (bicyclic) bond motifs is 1. The standard InChI is InChI=1S/C15H16N2O2S/c1-4-12-13(19-7-6-18-12)9-10(1)14(17-11-2-3-11)15-16-5-8-20-15/h1,4-5,8-9,11,14,17H,2-3,6-7H2. The van der Waals surface area contributed by atoms with Gasteiger partial charge in [-0.2, -0.15) is 0 Å². The molecule has 0 saturated heterocycles. The van der Waals surface area contributed by atoms with E-state index in [9.17, 15) is 0 Å². The van der Waals surface area contributed by atoms with Crippen LogP contribution in [0.3, 0.4) is 0 Å². The second-order valence-corrected chi connectivity index (χ2v) is 6.07. The maximum atomic E-state index is 5.68. The lowest BCUT2D eigenvalue weighted by atomic mass is 10.1. The number of benzene rings is 1. The molecule has 1 aliphatic carbocycles. The van der Waals surface area contributed by atoms with Gasteiger partial charge in [0.05, 0.1) is 6.04 Å². The number of nitrogens with zero attached hydrogens (tertiary/aromatic N) is 1. The first-order chi connectivity index (χ1) is 9.90. The van der Waals surface area contributed by atoms with E-state index in [1.54, 1.807) is 11.3 Å². The van der Waals surface area contributed by atoms with Crippen molar-refractivity contribution >= 4 is 11.3 Å². The van der Waals surface area contributed by atoms with Crippen molar-refractivity contribution in [2.24, 2.45) is 0 Å². The van der Waals surface area contributed by atoms with Gasteiger partial charge in [0, 0.05) is 17.6 Å². The third-order valence-corrected chi connectivity index (χ3v) is 4.42. The van der Waals surface area contributed by atoms with Gasteiger partial charge in [0.25, 0.3) is 0 Å². The normalized spacial score (nSPS) is 18.8. The summed E-state index contributed by atoms with van der Waals surface area (Å²) < 4.78 is 11.3. The predicted octanol–water partition coefficient (Wildman–Crippen LogP) is 2.76. The van der Waals surface area contributed by atoms with Crippen LogP contribution in [0.15, 0.2) is 29.8 Å². The second-order valence-electron chi connectivity index (χ2n) is 5.15. The number of hydrogen-bond acceptors (Lipinski definition) is 5. The number of hydrogen-bond donors (Lipinski definition) is 1. The molecule has 0 amide bonds. The lowest BCUT2D eigenvalue weighted by molar-refractivity contribution is 0.171. The average Bonchev–Trinajstić information content (AvgIpc) is 3.16. The topological polar surface area (TPSA) is 43.4 Å². The summed E-state index contributed by atoms with van der Waals surface area (Å²) in [6.07, 6.45) is 4.37. The van der Waals surface area contributed by atoms with Gasteiger partial charge in [-0.15, -0.1) is 11.3 Å². The molecule has 1 saturated carbocycles. The van der Waals surface area contributed by atoms with E-state index in [1.165, 1.54) is 18.4 Å². The van der Waals surface area contributed by atoms with Crippen molar-refractivity contribution in [3.63, 3.8) is 0 Å². The fourth-order valence-corrected chi connectivity index (χ4v) is 3.14. The van der Waals surface area contributed by atoms with Gasteiger partial charge in [0.1, 0.15) is 18.2 Å². The van der Waals surface area contributed by atoms with Crippen LogP contribution in [-0.4, -0.2) is 24.2 Å². The van der Waals surface area contributed by atoms with Gasteiger partial charge in [-0.05, 0) is 30.5 Å². The Hall–Kier alpha value is -1.59. The molecule has 0 radical (unpaired) electrons. The van der Waals surface area contributed by atoms with E-state index >= 15 is 0 Å². The molecule has 2 heterocycles. The van der Waals surface area contributed by atoms with Crippen molar-refractivity contribution in [2.75, 3.05) is 13.2 Å². The van der Waals surface area contributed by atoms with Crippen molar-refractivity contribution in [1.29, 1.82) is 0 Å². The Morgan fingerprint density at radius 1 is 1.20 bits per heavy atom. The highest BCUT2D eigenvalue weighted by Gasteiger charge is 2.28. The minimum Gasteiger partial charge on any atom is -0.486 e. The summed E-state index contributed by atoms with van der Waals surface area (Å²) in [5.41, 5.74) is 1.19. The quantitative estimate of drug-likeness (QED) is 0.939. The Labute approximate surface area is 121 Å². The molecule has 2 aliphatic rings. The first kappa shape index (κ1) is 12.2. The Kier molecular flexibility index (Phi) is 3.09. The first-order valence-electron chi connectivity index (χ1n) is 6.95. The molecule has 1 fully saturated rings. The van der Waals surface area contributed by atoms with Crippen molar-refractivity contribution in [2.45, 2.75) is 24.9 Å². The maximum Gasteiger partial charge on any atom is 0.161 e. The van der Waals surface area contributed by atoms with Gasteiger partial charge in [0.2, 0.25) is 0 Å². The van der Waals surface area contributed by atoms with Crippen LogP contribution < -0.4 is 14.8 Å². The molecule has 1 aromatic heterocycles. The highest BCUT2D eigenvalue weighted by molar-refractivity contribution is 7.09. The van der Waals surface area contributed by atoms with Crippen LogP contribution in [0.5, 0.6) is 11.5 Å². The van der Waals surface area contributed by atoms with Crippen LogP contribution in [0.1, 0.15) is 29.5 Å². The Bertz CT molecular complexity index is 596. The number of nitrogens with one attached hydrogen (secondary N) is 1. The number of rotatable bonds is 4. The average molecular weight is 288 g/mol. The van der Waals surface area contributed by atoms with Crippen molar-refractivity contribution in [3.05, 3.63) is 40.3 Å². The van der Waals surface area contributed by atoms with E-state index in [1.807, 2.05) is 17.6 Å².